The largest absolute Gasteiger partial charge is 0.394 e. The molecular formula is C15H20N2O4. The van der Waals surface area contributed by atoms with E-state index in [1.807, 2.05) is 6.92 Å². The summed E-state index contributed by atoms with van der Waals surface area (Å²) in [5.74, 6) is 0.263. The van der Waals surface area contributed by atoms with Crippen LogP contribution in [-0.2, 0) is 11.2 Å². The third kappa shape index (κ3) is 3.58. The van der Waals surface area contributed by atoms with E-state index in [1.165, 1.54) is 12.1 Å². The third-order valence-electron chi connectivity index (χ3n) is 4.13. The van der Waals surface area contributed by atoms with Gasteiger partial charge in [-0.3, -0.25) is 14.9 Å². The Morgan fingerprint density at radius 1 is 1.43 bits per heavy atom. The van der Waals surface area contributed by atoms with Crippen molar-refractivity contribution in [2.75, 3.05) is 13.2 Å². The van der Waals surface area contributed by atoms with Crippen LogP contribution in [0.2, 0.25) is 0 Å². The molecule has 1 aromatic rings. The van der Waals surface area contributed by atoms with Crippen molar-refractivity contribution in [2.24, 2.45) is 5.92 Å². The number of amides is 1. The summed E-state index contributed by atoms with van der Waals surface area (Å²) in [6.07, 6.45) is 2.18. The monoisotopic (exact) mass is 292 g/mol. The number of rotatable bonds is 4. The highest BCUT2D eigenvalue weighted by Crippen LogP contribution is 2.24. The van der Waals surface area contributed by atoms with E-state index < -0.39 is 4.92 Å². The zero-order valence-corrected chi connectivity index (χ0v) is 12.1. The lowest BCUT2D eigenvalue weighted by Crippen LogP contribution is -2.50. The summed E-state index contributed by atoms with van der Waals surface area (Å²) in [7, 11) is 0. The molecule has 0 bridgehead atoms. The molecule has 0 aliphatic carbocycles. The second-order valence-electron chi connectivity index (χ2n) is 5.56. The van der Waals surface area contributed by atoms with Gasteiger partial charge in [0.2, 0.25) is 5.91 Å². The summed E-state index contributed by atoms with van der Waals surface area (Å²) < 4.78 is 0. The number of aliphatic hydroxyl groups is 1. The van der Waals surface area contributed by atoms with Crippen LogP contribution in [0.5, 0.6) is 0 Å². The van der Waals surface area contributed by atoms with E-state index in [-0.39, 0.29) is 30.7 Å². The Balaban J connectivity index is 2.04. The molecule has 114 valence electrons. The molecule has 0 aromatic heterocycles. The zero-order chi connectivity index (χ0) is 15.4. The highest BCUT2D eigenvalue weighted by molar-refractivity contribution is 5.79. The van der Waals surface area contributed by atoms with E-state index in [4.69, 9.17) is 0 Å². The summed E-state index contributed by atoms with van der Waals surface area (Å²) in [5.41, 5.74) is 0.770. The molecule has 2 rings (SSSR count). The van der Waals surface area contributed by atoms with Gasteiger partial charge in [-0.05, 0) is 24.3 Å². The van der Waals surface area contributed by atoms with Crippen LogP contribution in [0.4, 0.5) is 5.69 Å². The fourth-order valence-corrected chi connectivity index (χ4v) is 2.85. The van der Waals surface area contributed by atoms with Gasteiger partial charge in [-0.15, -0.1) is 0 Å². The van der Waals surface area contributed by atoms with E-state index >= 15 is 0 Å². The normalized spacial score (nSPS) is 22.1. The lowest BCUT2D eigenvalue weighted by Gasteiger charge is -2.39. The molecule has 6 nitrogen and oxygen atoms in total. The summed E-state index contributed by atoms with van der Waals surface area (Å²) in [6.45, 7) is 2.70. The number of nitro groups is 1. The molecular weight excluding hydrogens is 272 g/mol. The number of hydrogen-bond donors (Lipinski definition) is 1. The van der Waals surface area contributed by atoms with E-state index in [1.54, 1.807) is 17.0 Å². The molecule has 0 radical (unpaired) electrons. The molecule has 2 unspecified atom stereocenters. The highest BCUT2D eigenvalue weighted by Gasteiger charge is 2.31. The molecule has 1 fully saturated rings. The number of likely N-dealkylation sites (tertiary alicyclic amines) is 1. The molecule has 6 heteroatoms. The minimum atomic E-state index is -0.459. The van der Waals surface area contributed by atoms with Gasteiger partial charge in [0.15, 0.2) is 0 Å². The Hall–Kier alpha value is -1.95. The second kappa shape index (κ2) is 6.67. The highest BCUT2D eigenvalue weighted by atomic mass is 16.6. The summed E-state index contributed by atoms with van der Waals surface area (Å²) in [4.78, 5) is 24.3. The number of carbonyl (C=O) groups excluding carboxylic acids is 1. The van der Waals surface area contributed by atoms with Crippen LogP contribution in [0.25, 0.3) is 0 Å². The Morgan fingerprint density at radius 3 is 2.67 bits per heavy atom. The van der Waals surface area contributed by atoms with Crippen molar-refractivity contribution >= 4 is 11.6 Å². The molecule has 1 aliphatic heterocycles. The van der Waals surface area contributed by atoms with Crippen LogP contribution < -0.4 is 0 Å². The molecule has 1 amide bonds. The smallest absolute Gasteiger partial charge is 0.269 e. The number of aliphatic hydroxyl groups excluding tert-OH is 1. The minimum absolute atomic E-state index is 0.0195. The van der Waals surface area contributed by atoms with Crippen LogP contribution in [0.15, 0.2) is 24.3 Å². The van der Waals surface area contributed by atoms with Gasteiger partial charge in [-0.25, -0.2) is 0 Å². The van der Waals surface area contributed by atoms with Gasteiger partial charge in [0.05, 0.1) is 24.0 Å². The summed E-state index contributed by atoms with van der Waals surface area (Å²) >= 11 is 0. The molecule has 1 saturated heterocycles. The van der Waals surface area contributed by atoms with Crippen LogP contribution in [0.3, 0.4) is 0 Å². The third-order valence-corrected chi connectivity index (χ3v) is 4.13. The predicted octanol–water partition coefficient (Wildman–Crippen LogP) is 1.76. The number of benzene rings is 1. The van der Waals surface area contributed by atoms with E-state index in [9.17, 15) is 20.0 Å². The van der Waals surface area contributed by atoms with Gasteiger partial charge in [0, 0.05) is 18.7 Å². The summed E-state index contributed by atoms with van der Waals surface area (Å²) in [6, 6.07) is 5.91. The van der Waals surface area contributed by atoms with Crippen LogP contribution >= 0.6 is 0 Å². The van der Waals surface area contributed by atoms with Crippen LogP contribution in [0, 0.1) is 16.0 Å². The molecule has 1 aromatic carbocycles. The molecule has 21 heavy (non-hydrogen) atoms. The van der Waals surface area contributed by atoms with Crippen molar-refractivity contribution in [3.05, 3.63) is 39.9 Å². The standard InChI is InChI=1S/C15H20N2O4/c1-11-3-2-8-16(14(11)10-18)15(19)9-12-4-6-13(7-5-12)17(20)21/h4-7,11,14,18H,2-3,8-10H2,1H3. The van der Waals surface area contributed by atoms with Gasteiger partial charge in [-0.1, -0.05) is 19.1 Å². The molecule has 0 spiro atoms. The first kappa shape index (κ1) is 15.4. The lowest BCUT2D eigenvalue weighted by atomic mass is 9.91. The van der Waals surface area contributed by atoms with Crippen LogP contribution in [0.1, 0.15) is 25.3 Å². The van der Waals surface area contributed by atoms with E-state index in [0.717, 1.165) is 18.4 Å². The maximum Gasteiger partial charge on any atom is 0.269 e. The van der Waals surface area contributed by atoms with Gasteiger partial charge in [0.25, 0.3) is 5.69 Å². The average molecular weight is 292 g/mol. The predicted molar refractivity (Wildman–Crippen MR) is 77.8 cm³/mol. The van der Waals surface area contributed by atoms with Crippen molar-refractivity contribution < 1.29 is 14.8 Å². The Labute approximate surface area is 123 Å². The summed E-state index contributed by atoms with van der Waals surface area (Å²) in [5, 5.41) is 20.1. The molecule has 2 atom stereocenters. The van der Waals surface area contributed by atoms with Crippen molar-refractivity contribution in [1.29, 1.82) is 0 Å². The molecule has 1 aliphatic rings. The molecule has 0 saturated carbocycles. The molecule has 1 heterocycles. The SMILES string of the molecule is CC1CCCN(C(=O)Cc2ccc([N+](=O)[O-])cc2)C1CO. The first-order chi connectivity index (χ1) is 10.0. The van der Waals surface area contributed by atoms with Crippen molar-refractivity contribution in [3.63, 3.8) is 0 Å². The Kier molecular flexibility index (Phi) is 4.90. The van der Waals surface area contributed by atoms with Crippen LogP contribution in [-0.4, -0.2) is 40.0 Å². The quantitative estimate of drug-likeness (QED) is 0.677. The average Bonchev–Trinajstić information content (AvgIpc) is 2.47. The van der Waals surface area contributed by atoms with Gasteiger partial charge in [0.1, 0.15) is 0 Å². The van der Waals surface area contributed by atoms with Gasteiger partial charge in [-0.2, -0.15) is 0 Å². The lowest BCUT2D eigenvalue weighted by molar-refractivity contribution is -0.384. The minimum Gasteiger partial charge on any atom is -0.394 e. The fraction of sp³-hybridized carbons (Fsp3) is 0.533. The first-order valence-corrected chi connectivity index (χ1v) is 7.16. The van der Waals surface area contributed by atoms with Crippen molar-refractivity contribution in [3.8, 4) is 0 Å². The number of hydrogen-bond acceptors (Lipinski definition) is 4. The second-order valence-corrected chi connectivity index (χ2v) is 5.56. The maximum absolute atomic E-state index is 12.4. The van der Waals surface area contributed by atoms with Crippen molar-refractivity contribution in [1.82, 2.24) is 4.90 Å². The first-order valence-electron chi connectivity index (χ1n) is 7.16. The van der Waals surface area contributed by atoms with Crippen molar-refractivity contribution in [2.45, 2.75) is 32.2 Å². The number of nitro benzene ring substituents is 1. The number of non-ortho nitro benzene ring substituents is 1. The zero-order valence-electron chi connectivity index (χ0n) is 12.1. The van der Waals surface area contributed by atoms with Gasteiger partial charge >= 0.3 is 0 Å². The van der Waals surface area contributed by atoms with E-state index in [0.29, 0.717) is 12.5 Å². The molecule has 1 N–H and O–H groups in total. The Morgan fingerprint density at radius 2 is 2.10 bits per heavy atom. The Bertz CT molecular complexity index is 515. The number of piperidine rings is 1. The topological polar surface area (TPSA) is 83.7 Å². The fourth-order valence-electron chi connectivity index (χ4n) is 2.85. The van der Waals surface area contributed by atoms with Gasteiger partial charge < -0.3 is 10.0 Å². The van der Waals surface area contributed by atoms with E-state index in [2.05, 4.69) is 0 Å². The number of carbonyl (C=O) groups is 1. The number of nitrogens with zero attached hydrogens (tertiary/aromatic N) is 2. The maximum atomic E-state index is 12.4.